The molecule has 0 saturated carbocycles. The molecule has 0 aliphatic carbocycles. The molecule has 0 spiro atoms. The number of nitrogens with zero attached hydrogens (tertiary/aromatic N) is 2. The maximum absolute atomic E-state index is 13.8. The highest BCUT2D eigenvalue weighted by atomic mass is 16.5. The topological polar surface area (TPSA) is 59.1 Å². The molecule has 6 heteroatoms. The molecule has 3 aromatic rings. The van der Waals surface area contributed by atoms with E-state index < -0.39 is 0 Å². The number of amides is 2. The molecule has 166 valence electrons. The molecule has 5 rings (SSSR count). The molecular weight excluding hydrogens is 416 g/mol. The average Bonchev–Trinajstić information content (AvgIpc) is 3.37. The van der Waals surface area contributed by atoms with Gasteiger partial charge in [0.15, 0.2) is 11.5 Å². The number of rotatable bonds is 5. The Kier molecular flexibility index (Phi) is 5.13. The number of hydrogen-bond acceptors (Lipinski definition) is 5. The second-order valence-corrected chi connectivity index (χ2v) is 8.10. The van der Waals surface area contributed by atoms with Gasteiger partial charge < -0.3 is 14.4 Å². The molecular formula is C27H24N2O4. The van der Waals surface area contributed by atoms with Crippen LogP contribution in [0.3, 0.4) is 0 Å². The third-order valence-electron chi connectivity index (χ3n) is 6.18. The number of benzene rings is 3. The molecule has 6 nitrogen and oxygen atoms in total. The predicted molar refractivity (Wildman–Crippen MR) is 128 cm³/mol. The molecule has 0 aromatic heterocycles. The standard InChI is InChI=1S/C27H24N2O4/c1-17-8-11-20(12-9-17)29-26(30)24(19-10-13-22(32-2)23(16-19)33-3)25(27(29)31)28-15-14-18-6-4-5-7-21(18)28/h4-13,16H,14-15H2,1-3H3. The lowest BCUT2D eigenvalue weighted by molar-refractivity contribution is -0.120. The second kappa shape index (κ2) is 8.13. The summed E-state index contributed by atoms with van der Waals surface area (Å²) in [7, 11) is 3.11. The third-order valence-corrected chi connectivity index (χ3v) is 6.18. The van der Waals surface area contributed by atoms with Gasteiger partial charge in [0.2, 0.25) is 0 Å². The van der Waals surface area contributed by atoms with Crippen LogP contribution in [0.15, 0.2) is 72.4 Å². The van der Waals surface area contributed by atoms with Crippen LogP contribution in [0.1, 0.15) is 16.7 Å². The number of imide groups is 1. The van der Waals surface area contributed by atoms with Crippen LogP contribution in [0.5, 0.6) is 11.5 Å². The maximum atomic E-state index is 13.8. The number of fused-ring (bicyclic) bond motifs is 1. The minimum Gasteiger partial charge on any atom is -0.493 e. The minimum atomic E-state index is -0.351. The van der Waals surface area contributed by atoms with E-state index in [0.717, 1.165) is 23.2 Å². The SMILES string of the molecule is COc1ccc(C2=C(N3CCc4ccccc43)C(=O)N(c3ccc(C)cc3)C2=O)cc1OC. The van der Waals surface area contributed by atoms with E-state index in [1.807, 2.05) is 42.2 Å². The first-order chi connectivity index (χ1) is 16.0. The van der Waals surface area contributed by atoms with E-state index in [0.29, 0.717) is 40.6 Å². The zero-order chi connectivity index (χ0) is 23.1. The highest BCUT2D eigenvalue weighted by Crippen LogP contribution is 2.41. The Morgan fingerprint density at radius 2 is 1.55 bits per heavy atom. The molecule has 33 heavy (non-hydrogen) atoms. The highest BCUT2D eigenvalue weighted by molar-refractivity contribution is 6.46. The molecule has 0 radical (unpaired) electrons. The largest absolute Gasteiger partial charge is 0.493 e. The van der Waals surface area contributed by atoms with Crippen LogP contribution in [0.25, 0.3) is 5.57 Å². The lowest BCUT2D eigenvalue weighted by atomic mass is 10.0. The fraction of sp³-hybridized carbons (Fsp3) is 0.185. The summed E-state index contributed by atoms with van der Waals surface area (Å²) in [5.41, 5.74) is 5.08. The third kappa shape index (κ3) is 3.35. The van der Waals surface area contributed by atoms with Crippen molar-refractivity contribution in [3.63, 3.8) is 0 Å². The number of para-hydroxylation sites is 1. The van der Waals surface area contributed by atoms with Crippen molar-refractivity contribution in [1.82, 2.24) is 0 Å². The van der Waals surface area contributed by atoms with Crippen molar-refractivity contribution in [2.75, 3.05) is 30.6 Å². The van der Waals surface area contributed by atoms with Gasteiger partial charge >= 0.3 is 0 Å². The van der Waals surface area contributed by atoms with E-state index in [-0.39, 0.29) is 11.8 Å². The fourth-order valence-electron chi connectivity index (χ4n) is 4.52. The van der Waals surface area contributed by atoms with Gasteiger partial charge in [0, 0.05) is 12.2 Å². The van der Waals surface area contributed by atoms with E-state index in [1.54, 1.807) is 44.6 Å². The molecule has 3 aromatic carbocycles. The van der Waals surface area contributed by atoms with Crippen LogP contribution in [-0.4, -0.2) is 32.6 Å². The maximum Gasteiger partial charge on any atom is 0.282 e. The highest BCUT2D eigenvalue weighted by Gasteiger charge is 2.44. The molecule has 2 aliphatic rings. The quantitative estimate of drug-likeness (QED) is 0.552. The van der Waals surface area contributed by atoms with Crippen LogP contribution in [0.2, 0.25) is 0 Å². The van der Waals surface area contributed by atoms with Gasteiger partial charge in [-0.2, -0.15) is 0 Å². The number of methoxy groups -OCH3 is 2. The smallest absolute Gasteiger partial charge is 0.282 e. The lowest BCUT2D eigenvalue weighted by Crippen LogP contribution is -2.34. The first kappa shape index (κ1) is 20.8. The Hall–Kier alpha value is -4.06. The predicted octanol–water partition coefficient (Wildman–Crippen LogP) is 4.36. The van der Waals surface area contributed by atoms with Gasteiger partial charge in [0.1, 0.15) is 5.70 Å². The van der Waals surface area contributed by atoms with Crippen LogP contribution in [0, 0.1) is 6.92 Å². The minimum absolute atomic E-state index is 0.328. The number of anilines is 2. The average molecular weight is 440 g/mol. The lowest BCUT2D eigenvalue weighted by Gasteiger charge is -2.22. The van der Waals surface area contributed by atoms with Gasteiger partial charge in [-0.3, -0.25) is 9.59 Å². The Morgan fingerprint density at radius 3 is 2.27 bits per heavy atom. The van der Waals surface area contributed by atoms with Crippen LogP contribution >= 0.6 is 0 Å². The van der Waals surface area contributed by atoms with Crippen LogP contribution in [-0.2, 0) is 16.0 Å². The van der Waals surface area contributed by atoms with E-state index in [4.69, 9.17) is 9.47 Å². The molecule has 0 bridgehead atoms. The van der Waals surface area contributed by atoms with E-state index in [2.05, 4.69) is 6.07 Å². The van der Waals surface area contributed by atoms with Gasteiger partial charge in [0.25, 0.3) is 11.8 Å². The van der Waals surface area contributed by atoms with Crippen molar-refractivity contribution in [1.29, 1.82) is 0 Å². The number of hydrogen-bond donors (Lipinski definition) is 0. The van der Waals surface area contributed by atoms with Crippen molar-refractivity contribution in [3.8, 4) is 11.5 Å². The summed E-state index contributed by atoms with van der Waals surface area (Å²) < 4.78 is 10.8. The second-order valence-electron chi connectivity index (χ2n) is 8.10. The summed E-state index contributed by atoms with van der Waals surface area (Å²) in [5, 5.41) is 0. The van der Waals surface area contributed by atoms with Gasteiger partial charge in [-0.1, -0.05) is 42.0 Å². The Morgan fingerprint density at radius 1 is 0.818 bits per heavy atom. The van der Waals surface area contributed by atoms with Crippen molar-refractivity contribution in [3.05, 3.63) is 89.1 Å². The summed E-state index contributed by atoms with van der Waals surface area (Å²) in [6.07, 6.45) is 0.810. The Balaban J connectivity index is 1.69. The molecule has 2 aliphatic heterocycles. The van der Waals surface area contributed by atoms with E-state index in [9.17, 15) is 9.59 Å². The van der Waals surface area contributed by atoms with Gasteiger partial charge in [0.05, 0.1) is 25.5 Å². The Labute approximate surface area is 192 Å². The molecule has 2 amide bonds. The number of aryl methyl sites for hydroxylation is 1. The number of carbonyl (C=O) groups is 2. The molecule has 0 unspecified atom stereocenters. The summed E-state index contributed by atoms with van der Waals surface area (Å²) in [5.74, 6) is 0.376. The summed E-state index contributed by atoms with van der Waals surface area (Å²) in [6, 6.07) is 20.7. The molecule has 0 saturated heterocycles. The summed E-state index contributed by atoms with van der Waals surface area (Å²) in [4.78, 5) is 30.8. The normalized spacial score (nSPS) is 15.4. The number of carbonyl (C=O) groups excluding carboxylic acids is 2. The first-order valence-corrected chi connectivity index (χ1v) is 10.8. The van der Waals surface area contributed by atoms with Crippen LogP contribution < -0.4 is 19.3 Å². The van der Waals surface area contributed by atoms with E-state index in [1.165, 1.54) is 4.90 Å². The van der Waals surface area contributed by atoms with E-state index >= 15 is 0 Å². The zero-order valence-electron chi connectivity index (χ0n) is 18.8. The van der Waals surface area contributed by atoms with Gasteiger partial charge in [-0.15, -0.1) is 0 Å². The van der Waals surface area contributed by atoms with Crippen molar-refractivity contribution >= 4 is 28.8 Å². The summed E-state index contributed by atoms with van der Waals surface area (Å²) in [6.45, 7) is 2.60. The van der Waals surface area contributed by atoms with Gasteiger partial charge in [-0.25, -0.2) is 4.90 Å². The molecule has 0 N–H and O–H groups in total. The Bertz CT molecular complexity index is 1290. The molecule has 0 fully saturated rings. The van der Waals surface area contributed by atoms with Crippen molar-refractivity contribution in [2.45, 2.75) is 13.3 Å². The van der Waals surface area contributed by atoms with Crippen LogP contribution in [0.4, 0.5) is 11.4 Å². The van der Waals surface area contributed by atoms with Crippen molar-refractivity contribution < 1.29 is 19.1 Å². The first-order valence-electron chi connectivity index (χ1n) is 10.8. The number of ether oxygens (including phenoxy) is 2. The zero-order valence-corrected chi connectivity index (χ0v) is 18.8. The summed E-state index contributed by atoms with van der Waals surface area (Å²) >= 11 is 0. The molecule has 2 heterocycles. The monoisotopic (exact) mass is 440 g/mol. The fourth-order valence-corrected chi connectivity index (χ4v) is 4.52. The molecule has 0 atom stereocenters. The van der Waals surface area contributed by atoms with Crippen molar-refractivity contribution in [2.24, 2.45) is 0 Å². The van der Waals surface area contributed by atoms with Gasteiger partial charge in [-0.05, 0) is 54.8 Å².